The summed E-state index contributed by atoms with van der Waals surface area (Å²) in [6, 6.07) is 0.698. The normalized spacial score (nSPS) is 23.2. The van der Waals surface area contributed by atoms with E-state index >= 15 is 0 Å². The van der Waals surface area contributed by atoms with Crippen LogP contribution in [0.4, 0.5) is 0 Å². The van der Waals surface area contributed by atoms with Gasteiger partial charge in [-0.15, -0.1) is 0 Å². The van der Waals surface area contributed by atoms with Gasteiger partial charge in [0.15, 0.2) is 0 Å². The Balaban J connectivity index is 2.09. The van der Waals surface area contributed by atoms with Gasteiger partial charge in [-0.3, -0.25) is 0 Å². The second kappa shape index (κ2) is 3.78. The number of hydrogen-bond acceptors (Lipinski definition) is 3. The van der Waals surface area contributed by atoms with Crippen molar-refractivity contribution in [2.24, 2.45) is 0 Å². The first kappa shape index (κ1) is 9.36. The van der Waals surface area contributed by atoms with E-state index < -0.39 is 5.60 Å². The highest BCUT2D eigenvalue weighted by atomic mass is 32.2. The van der Waals surface area contributed by atoms with Crippen LogP contribution in [-0.2, 0) is 0 Å². The molecule has 0 aromatic carbocycles. The molecule has 0 spiro atoms. The molecule has 1 unspecified atom stereocenters. The molecule has 1 saturated carbocycles. The lowest BCUT2D eigenvalue weighted by Gasteiger charge is -2.22. The predicted octanol–water partition coefficient (Wildman–Crippen LogP) is 0.852. The minimum atomic E-state index is -0.526. The van der Waals surface area contributed by atoms with Crippen LogP contribution in [-0.4, -0.2) is 35.3 Å². The van der Waals surface area contributed by atoms with Gasteiger partial charge in [0.2, 0.25) is 0 Å². The number of hydrogen-bond donors (Lipinski definition) is 2. The average molecular weight is 175 g/mol. The maximum Gasteiger partial charge on any atom is 0.0833 e. The van der Waals surface area contributed by atoms with Crippen molar-refractivity contribution >= 4 is 11.8 Å². The lowest BCUT2D eigenvalue weighted by atomic mass is 10.1. The summed E-state index contributed by atoms with van der Waals surface area (Å²) in [7, 11) is 0. The number of nitrogens with one attached hydrogen (secondary N) is 1. The van der Waals surface area contributed by atoms with Crippen molar-refractivity contribution in [1.82, 2.24) is 5.32 Å². The second-order valence-corrected chi connectivity index (χ2v) is 4.45. The third-order valence-electron chi connectivity index (χ3n) is 1.80. The molecule has 0 heterocycles. The zero-order chi connectivity index (χ0) is 8.32. The Hall–Kier alpha value is 0.270. The summed E-state index contributed by atoms with van der Waals surface area (Å²) in [5.41, 5.74) is -0.526. The third-order valence-corrected chi connectivity index (χ3v) is 2.71. The van der Waals surface area contributed by atoms with Gasteiger partial charge in [-0.2, -0.15) is 11.8 Å². The van der Waals surface area contributed by atoms with E-state index in [0.29, 0.717) is 6.04 Å². The van der Waals surface area contributed by atoms with Crippen molar-refractivity contribution < 1.29 is 5.11 Å². The van der Waals surface area contributed by atoms with Crippen LogP contribution in [0.15, 0.2) is 0 Å². The molecule has 0 aromatic rings. The fourth-order valence-corrected chi connectivity index (χ4v) is 1.74. The van der Waals surface area contributed by atoms with Crippen LogP contribution in [0.25, 0.3) is 0 Å². The van der Waals surface area contributed by atoms with E-state index in [1.165, 1.54) is 12.8 Å². The van der Waals surface area contributed by atoms with Crippen molar-refractivity contribution in [3.8, 4) is 0 Å². The summed E-state index contributed by atoms with van der Waals surface area (Å²) in [6.45, 7) is 2.62. The van der Waals surface area contributed by atoms with E-state index in [-0.39, 0.29) is 0 Å². The highest BCUT2D eigenvalue weighted by Gasteiger charge is 2.25. The molecule has 1 aliphatic rings. The van der Waals surface area contributed by atoms with E-state index in [1.54, 1.807) is 11.8 Å². The Bertz CT molecular complexity index is 123. The van der Waals surface area contributed by atoms with Crippen molar-refractivity contribution in [2.75, 3.05) is 18.6 Å². The fraction of sp³-hybridized carbons (Fsp3) is 1.00. The first-order valence-corrected chi connectivity index (χ1v) is 5.48. The monoisotopic (exact) mass is 175 g/mol. The van der Waals surface area contributed by atoms with Crippen LogP contribution in [0.1, 0.15) is 19.8 Å². The van der Waals surface area contributed by atoms with E-state index in [0.717, 1.165) is 12.3 Å². The number of rotatable bonds is 5. The molecule has 3 heteroatoms. The zero-order valence-electron chi connectivity index (χ0n) is 7.26. The molecular formula is C8H17NOS. The summed E-state index contributed by atoms with van der Waals surface area (Å²) in [4.78, 5) is 0. The van der Waals surface area contributed by atoms with Gasteiger partial charge in [-0.05, 0) is 26.0 Å². The van der Waals surface area contributed by atoms with Crippen molar-refractivity contribution in [1.29, 1.82) is 0 Å². The summed E-state index contributed by atoms with van der Waals surface area (Å²) < 4.78 is 0. The van der Waals surface area contributed by atoms with Gasteiger partial charge >= 0.3 is 0 Å². The zero-order valence-corrected chi connectivity index (χ0v) is 8.08. The Kier molecular flexibility index (Phi) is 3.22. The first-order chi connectivity index (χ1) is 5.14. The SMILES string of the molecule is CSCC(C)(O)CNC1CC1. The highest BCUT2D eigenvalue weighted by molar-refractivity contribution is 7.98. The minimum absolute atomic E-state index is 0.526. The lowest BCUT2D eigenvalue weighted by molar-refractivity contribution is 0.0845. The largest absolute Gasteiger partial charge is 0.388 e. The van der Waals surface area contributed by atoms with Crippen LogP contribution >= 0.6 is 11.8 Å². The lowest BCUT2D eigenvalue weighted by Crippen LogP contribution is -2.40. The van der Waals surface area contributed by atoms with Crippen molar-refractivity contribution in [3.63, 3.8) is 0 Å². The molecule has 1 aliphatic carbocycles. The third kappa shape index (κ3) is 3.99. The summed E-state index contributed by atoms with van der Waals surface area (Å²) in [5.74, 6) is 0.812. The molecule has 0 radical (unpaired) electrons. The minimum Gasteiger partial charge on any atom is -0.388 e. The average Bonchev–Trinajstić information content (AvgIpc) is 2.65. The maximum absolute atomic E-state index is 9.71. The van der Waals surface area contributed by atoms with Crippen LogP contribution in [0.3, 0.4) is 0 Å². The summed E-state index contributed by atoms with van der Waals surface area (Å²) >= 11 is 1.69. The molecule has 11 heavy (non-hydrogen) atoms. The molecule has 1 rings (SSSR count). The van der Waals surface area contributed by atoms with E-state index in [1.807, 2.05) is 13.2 Å². The Morgan fingerprint density at radius 3 is 2.73 bits per heavy atom. The predicted molar refractivity (Wildman–Crippen MR) is 50.0 cm³/mol. The molecule has 2 N–H and O–H groups in total. The number of aliphatic hydroxyl groups is 1. The molecule has 1 atom stereocenters. The van der Waals surface area contributed by atoms with Crippen molar-refractivity contribution in [2.45, 2.75) is 31.4 Å². The molecule has 0 aliphatic heterocycles. The molecule has 0 bridgehead atoms. The Morgan fingerprint density at radius 2 is 2.27 bits per heavy atom. The van der Waals surface area contributed by atoms with Crippen LogP contribution < -0.4 is 5.32 Å². The van der Waals surface area contributed by atoms with Crippen LogP contribution in [0.2, 0.25) is 0 Å². The van der Waals surface area contributed by atoms with E-state index in [9.17, 15) is 5.11 Å². The van der Waals surface area contributed by atoms with Gasteiger partial charge in [-0.25, -0.2) is 0 Å². The van der Waals surface area contributed by atoms with Gasteiger partial charge < -0.3 is 10.4 Å². The molecule has 0 aromatic heterocycles. The summed E-state index contributed by atoms with van der Waals surface area (Å²) in [5, 5.41) is 13.0. The smallest absolute Gasteiger partial charge is 0.0833 e. The quantitative estimate of drug-likeness (QED) is 0.650. The molecule has 0 amide bonds. The standard InChI is InChI=1S/C8H17NOS/c1-8(10,6-11-2)5-9-7-3-4-7/h7,9-10H,3-6H2,1-2H3. The van der Waals surface area contributed by atoms with Gasteiger partial charge in [0.05, 0.1) is 5.60 Å². The van der Waals surface area contributed by atoms with Crippen LogP contribution in [0.5, 0.6) is 0 Å². The number of thioether (sulfide) groups is 1. The molecule has 2 nitrogen and oxygen atoms in total. The molecule has 0 saturated heterocycles. The molecule has 1 fully saturated rings. The maximum atomic E-state index is 9.71. The topological polar surface area (TPSA) is 32.3 Å². The van der Waals surface area contributed by atoms with Crippen LogP contribution in [0, 0.1) is 0 Å². The second-order valence-electron chi connectivity index (χ2n) is 3.59. The van der Waals surface area contributed by atoms with E-state index in [4.69, 9.17) is 0 Å². The summed E-state index contributed by atoms with van der Waals surface area (Å²) in [6.07, 6.45) is 4.59. The van der Waals surface area contributed by atoms with Gasteiger partial charge in [0, 0.05) is 18.3 Å². The van der Waals surface area contributed by atoms with E-state index in [2.05, 4.69) is 5.32 Å². The van der Waals surface area contributed by atoms with Gasteiger partial charge in [0.1, 0.15) is 0 Å². The Morgan fingerprint density at radius 1 is 1.64 bits per heavy atom. The first-order valence-electron chi connectivity index (χ1n) is 4.09. The highest BCUT2D eigenvalue weighted by Crippen LogP contribution is 2.20. The van der Waals surface area contributed by atoms with Gasteiger partial charge in [0.25, 0.3) is 0 Å². The molecular weight excluding hydrogens is 158 g/mol. The van der Waals surface area contributed by atoms with Crippen molar-refractivity contribution in [3.05, 3.63) is 0 Å². The Labute approximate surface area is 72.8 Å². The fourth-order valence-electron chi connectivity index (χ4n) is 1.01. The molecule has 66 valence electrons. The van der Waals surface area contributed by atoms with Gasteiger partial charge in [-0.1, -0.05) is 0 Å².